The highest BCUT2D eigenvalue weighted by Gasteiger charge is 2.32. The second-order valence-corrected chi connectivity index (χ2v) is 7.85. The van der Waals surface area contributed by atoms with E-state index < -0.39 is 12.0 Å². The lowest BCUT2D eigenvalue weighted by Crippen LogP contribution is -2.45. The van der Waals surface area contributed by atoms with Gasteiger partial charge in [0, 0.05) is 5.70 Å². The van der Waals surface area contributed by atoms with Crippen LogP contribution in [-0.4, -0.2) is 24.2 Å². The van der Waals surface area contributed by atoms with Crippen LogP contribution in [0.2, 0.25) is 0 Å². The summed E-state index contributed by atoms with van der Waals surface area (Å²) in [6.45, 7) is 11.9. The van der Waals surface area contributed by atoms with Crippen LogP contribution in [0.15, 0.2) is 35.5 Å². The van der Waals surface area contributed by atoms with Crippen molar-refractivity contribution in [2.24, 2.45) is 5.92 Å². The quantitative estimate of drug-likeness (QED) is 0.785. The molecule has 1 heterocycles. The molecular weight excluding hydrogens is 332 g/mol. The van der Waals surface area contributed by atoms with Gasteiger partial charge in [0.2, 0.25) is 0 Å². The highest BCUT2D eigenvalue weighted by Crippen LogP contribution is 2.29. The highest BCUT2D eigenvalue weighted by molar-refractivity contribution is 5.95. The van der Waals surface area contributed by atoms with Crippen LogP contribution in [0, 0.1) is 5.92 Å². The van der Waals surface area contributed by atoms with Gasteiger partial charge in [0.15, 0.2) is 0 Å². The summed E-state index contributed by atoms with van der Waals surface area (Å²) in [5.74, 6) is 0.535. The van der Waals surface area contributed by atoms with Gasteiger partial charge in [-0.2, -0.15) is 0 Å². The number of carbonyl (C=O) groups excluding carboxylic acids is 2. The van der Waals surface area contributed by atoms with Crippen LogP contribution < -0.4 is 15.4 Å². The number of ether oxygens (including phenoxy) is 2. The first-order valence-corrected chi connectivity index (χ1v) is 8.81. The summed E-state index contributed by atoms with van der Waals surface area (Å²) < 4.78 is 11.2. The summed E-state index contributed by atoms with van der Waals surface area (Å²) in [6, 6.07) is 6.46. The monoisotopic (exact) mass is 360 g/mol. The summed E-state index contributed by atoms with van der Waals surface area (Å²) in [4.78, 5) is 24.5. The van der Waals surface area contributed by atoms with Crippen molar-refractivity contribution in [1.29, 1.82) is 0 Å². The summed E-state index contributed by atoms with van der Waals surface area (Å²) in [7, 11) is 0. The van der Waals surface area contributed by atoms with Gasteiger partial charge >= 0.3 is 12.0 Å². The lowest BCUT2D eigenvalue weighted by atomic mass is 9.95. The van der Waals surface area contributed by atoms with Gasteiger partial charge in [-0.25, -0.2) is 9.59 Å². The lowest BCUT2D eigenvalue weighted by molar-refractivity contribution is -0.140. The fourth-order valence-electron chi connectivity index (χ4n) is 2.62. The van der Waals surface area contributed by atoms with E-state index in [-0.39, 0.29) is 17.6 Å². The van der Waals surface area contributed by atoms with Crippen molar-refractivity contribution in [1.82, 2.24) is 10.6 Å². The fraction of sp³-hybridized carbons (Fsp3) is 0.500. The average Bonchev–Trinajstić information content (AvgIpc) is 2.51. The van der Waals surface area contributed by atoms with Crippen LogP contribution in [0.5, 0.6) is 5.75 Å². The maximum atomic E-state index is 12.6. The van der Waals surface area contributed by atoms with E-state index in [1.807, 2.05) is 58.9 Å². The van der Waals surface area contributed by atoms with Crippen LogP contribution in [0.3, 0.4) is 0 Å². The Kier molecular flexibility index (Phi) is 5.95. The van der Waals surface area contributed by atoms with Crippen molar-refractivity contribution in [2.75, 3.05) is 6.61 Å². The predicted octanol–water partition coefficient (Wildman–Crippen LogP) is 3.69. The second-order valence-electron chi connectivity index (χ2n) is 7.85. The van der Waals surface area contributed by atoms with Gasteiger partial charge in [-0.15, -0.1) is 0 Å². The molecule has 2 rings (SSSR count). The number of carbonyl (C=O) groups is 2. The van der Waals surface area contributed by atoms with Crippen molar-refractivity contribution in [2.45, 2.75) is 53.2 Å². The molecule has 142 valence electrons. The molecule has 0 radical (unpaired) electrons. The standard InChI is InChI=1S/C20H28N2O4/c1-12(2)11-25-18(23)16-13(3)21-19(24)22-17(16)14-7-9-15(10-8-14)26-20(4,5)6/h7-10,12,17H,11H2,1-6H3,(H2,21,22,24). The molecule has 1 aliphatic heterocycles. The van der Waals surface area contributed by atoms with E-state index in [0.29, 0.717) is 17.9 Å². The molecule has 0 saturated carbocycles. The Morgan fingerprint density at radius 3 is 2.35 bits per heavy atom. The maximum Gasteiger partial charge on any atom is 0.338 e. The lowest BCUT2D eigenvalue weighted by Gasteiger charge is -2.28. The minimum Gasteiger partial charge on any atom is -0.488 e. The molecule has 1 aromatic rings. The smallest absolute Gasteiger partial charge is 0.338 e. The topological polar surface area (TPSA) is 76.7 Å². The first kappa shape index (κ1) is 19.8. The summed E-state index contributed by atoms with van der Waals surface area (Å²) in [5.41, 5.74) is 1.40. The Bertz CT molecular complexity index is 700. The third kappa shape index (κ3) is 5.25. The number of nitrogens with one attached hydrogen (secondary N) is 2. The van der Waals surface area contributed by atoms with Crippen molar-refractivity contribution < 1.29 is 19.1 Å². The molecule has 0 spiro atoms. The van der Waals surface area contributed by atoms with Crippen LogP contribution in [0.1, 0.15) is 53.1 Å². The molecule has 0 aromatic heterocycles. The predicted molar refractivity (Wildman–Crippen MR) is 99.7 cm³/mol. The Labute approximate surface area is 154 Å². The van der Waals surface area contributed by atoms with E-state index in [1.54, 1.807) is 6.92 Å². The average molecular weight is 360 g/mol. The number of urea groups is 1. The molecular formula is C20H28N2O4. The molecule has 2 amide bonds. The zero-order chi connectivity index (χ0) is 19.5. The molecule has 6 nitrogen and oxygen atoms in total. The minimum atomic E-state index is -0.563. The van der Waals surface area contributed by atoms with E-state index >= 15 is 0 Å². The molecule has 1 aliphatic rings. The fourth-order valence-corrected chi connectivity index (χ4v) is 2.62. The molecule has 0 saturated heterocycles. The Morgan fingerprint density at radius 2 is 1.81 bits per heavy atom. The number of amides is 2. The summed E-state index contributed by atoms with van der Waals surface area (Å²) >= 11 is 0. The van der Waals surface area contributed by atoms with Crippen molar-refractivity contribution in [3.05, 3.63) is 41.1 Å². The number of allylic oxidation sites excluding steroid dienone is 1. The SMILES string of the molecule is CC1=C(C(=O)OCC(C)C)C(c2ccc(OC(C)(C)C)cc2)NC(=O)N1. The summed E-state index contributed by atoms with van der Waals surface area (Å²) in [6.07, 6.45) is 0. The van der Waals surface area contributed by atoms with Crippen molar-refractivity contribution >= 4 is 12.0 Å². The number of benzene rings is 1. The van der Waals surface area contributed by atoms with Gasteiger partial charge in [0.25, 0.3) is 0 Å². The third-order valence-electron chi connectivity index (χ3n) is 3.67. The first-order valence-electron chi connectivity index (χ1n) is 8.81. The molecule has 6 heteroatoms. The normalized spacial score (nSPS) is 17.7. The van der Waals surface area contributed by atoms with Crippen LogP contribution in [-0.2, 0) is 9.53 Å². The summed E-state index contributed by atoms with van der Waals surface area (Å²) in [5, 5.41) is 5.44. The van der Waals surface area contributed by atoms with Gasteiger partial charge in [0.05, 0.1) is 18.2 Å². The first-order chi connectivity index (χ1) is 12.1. The molecule has 0 fully saturated rings. The molecule has 26 heavy (non-hydrogen) atoms. The maximum absolute atomic E-state index is 12.6. The van der Waals surface area contributed by atoms with E-state index in [0.717, 1.165) is 11.3 Å². The van der Waals surface area contributed by atoms with Crippen LogP contribution >= 0.6 is 0 Å². The Balaban J connectivity index is 2.27. The van der Waals surface area contributed by atoms with E-state index in [9.17, 15) is 9.59 Å². The largest absolute Gasteiger partial charge is 0.488 e. The highest BCUT2D eigenvalue weighted by atomic mass is 16.5. The van der Waals surface area contributed by atoms with E-state index in [1.165, 1.54) is 0 Å². The molecule has 1 unspecified atom stereocenters. The second kappa shape index (κ2) is 7.81. The Hall–Kier alpha value is -2.50. The van der Waals surface area contributed by atoms with Crippen molar-refractivity contribution in [3.8, 4) is 5.75 Å². The van der Waals surface area contributed by atoms with Gasteiger partial charge in [-0.05, 0) is 51.3 Å². The van der Waals surface area contributed by atoms with Crippen LogP contribution in [0.4, 0.5) is 4.79 Å². The number of hydrogen-bond acceptors (Lipinski definition) is 4. The Morgan fingerprint density at radius 1 is 1.19 bits per heavy atom. The molecule has 1 atom stereocenters. The zero-order valence-electron chi connectivity index (χ0n) is 16.3. The van der Waals surface area contributed by atoms with Gasteiger partial charge in [-0.3, -0.25) is 0 Å². The van der Waals surface area contributed by atoms with Gasteiger partial charge < -0.3 is 20.1 Å². The third-order valence-corrected chi connectivity index (χ3v) is 3.67. The zero-order valence-corrected chi connectivity index (χ0v) is 16.3. The van der Waals surface area contributed by atoms with Gasteiger partial charge in [-0.1, -0.05) is 26.0 Å². The van der Waals surface area contributed by atoms with Gasteiger partial charge in [0.1, 0.15) is 11.4 Å². The number of esters is 1. The number of rotatable bonds is 5. The molecule has 0 aliphatic carbocycles. The number of hydrogen-bond donors (Lipinski definition) is 2. The van der Waals surface area contributed by atoms with E-state index in [2.05, 4.69) is 10.6 Å². The molecule has 0 bridgehead atoms. The molecule has 2 N–H and O–H groups in total. The van der Waals surface area contributed by atoms with Crippen molar-refractivity contribution in [3.63, 3.8) is 0 Å². The van der Waals surface area contributed by atoms with Crippen LogP contribution in [0.25, 0.3) is 0 Å². The van der Waals surface area contributed by atoms with E-state index in [4.69, 9.17) is 9.47 Å². The molecule has 1 aromatic carbocycles. The minimum absolute atomic E-state index is 0.235.